The van der Waals surface area contributed by atoms with Crippen molar-refractivity contribution in [3.8, 4) is 11.5 Å². The highest BCUT2D eigenvalue weighted by Gasteiger charge is 2.72. The number of esters is 1. The van der Waals surface area contributed by atoms with Crippen LogP contribution in [0, 0.1) is 5.92 Å². The minimum atomic E-state index is -1.02. The molecule has 0 aromatic heterocycles. The van der Waals surface area contributed by atoms with Gasteiger partial charge in [0.2, 0.25) is 0 Å². The SMILES string of the molecule is CC(C)C(=O)OC1=CC[C@@]2(O)[C@H]3Cc4ccc(O)c5c4C2(CCN3C)C1O5. The van der Waals surface area contributed by atoms with E-state index in [-0.39, 0.29) is 23.7 Å². The van der Waals surface area contributed by atoms with Crippen molar-refractivity contribution < 1.29 is 24.5 Å². The Morgan fingerprint density at radius 3 is 2.93 bits per heavy atom. The highest BCUT2D eigenvalue weighted by atomic mass is 16.6. The zero-order chi connectivity index (χ0) is 19.1. The number of phenols is 1. The summed E-state index contributed by atoms with van der Waals surface area (Å²) in [5.74, 6) is 0.408. The fourth-order valence-corrected chi connectivity index (χ4v) is 5.67. The summed E-state index contributed by atoms with van der Waals surface area (Å²) in [5, 5.41) is 22.4. The van der Waals surface area contributed by atoms with E-state index in [1.807, 2.05) is 19.2 Å². The van der Waals surface area contributed by atoms with E-state index < -0.39 is 17.1 Å². The smallest absolute Gasteiger partial charge is 0.313 e. The van der Waals surface area contributed by atoms with Gasteiger partial charge in [0.15, 0.2) is 17.6 Å². The van der Waals surface area contributed by atoms with Gasteiger partial charge >= 0.3 is 5.97 Å². The standard InChI is InChI=1S/C21H25NO5/c1-11(2)19(24)26-14-6-7-21(25)15-10-12-4-5-13(23)17-16(12)20(21,18(14)27-17)8-9-22(15)3/h4-6,11,15,18,23,25H,7-10H2,1-3H3/t15-,18?,20?,21-/m1/s1. The lowest BCUT2D eigenvalue weighted by Gasteiger charge is -2.61. The fraction of sp³-hybridized carbons (Fsp3) is 0.571. The average Bonchev–Trinajstić information content (AvgIpc) is 2.98. The van der Waals surface area contributed by atoms with Crippen molar-refractivity contribution in [3.63, 3.8) is 0 Å². The highest BCUT2D eigenvalue weighted by Crippen LogP contribution is 2.65. The number of piperidine rings is 1. The number of aliphatic hydroxyl groups is 1. The van der Waals surface area contributed by atoms with Crippen LogP contribution in [0.2, 0.25) is 0 Å². The van der Waals surface area contributed by atoms with Crippen molar-refractivity contribution in [1.29, 1.82) is 0 Å². The number of carbonyl (C=O) groups excluding carboxylic acids is 1. The molecule has 1 spiro atoms. The van der Waals surface area contributed by atoms with Crippen LogP contribution in [0.15, 0.2) is 24.0 Å². The number of hydrogen-bond acceptors (Lipinski definition) is 6. The van der Waals surface area contributed by atoms with Gasteiger partial charge in [-0.05, 0) is 44.1 Å². The molecule has 1 saturated heterocycles. The first-order valence-corrected chi connectivity index (χ1v) is 9.66. The van der Waals surface area contributed by atoms with Gasteiger partial charge in [-0.15, -0.1) is 0 Å². The van der Waals surface area contributed by atoms with Crippen LogP contribution in [0.3, 0.4) is 0 Å². The maximum Gasteiger partial charge on any atom is 0.313 e. The molecule has 0 radical (unpaired) electrons. The van der Waals surface area contributed by atoms with E-state index >= 15 is 0 Å². The largest absolute Gasteiger partial charge is 0.504 e. The number of rotatable bonds is 2. The molecule has 2 aliphatic heterocycles. The van der Waals surface area contributed by atoms with Gasteiger partial charge in [-0.25, -0.2) is 0 Å². The quantitative estimate of drug-likeness (QED) is 0.773. The number of benzene rings is 1. The zero-order valence-electron chi connectivity index (χ0n) is 15.9. The number of nitrogens with zero attached hydrogens (tertiary/aromatic N) is 1. The third-order valence-electron chi connectivity index (χ3n) is 7.04. The second-order valence-corrected chi connectivity index (χ2v) is 8.68. The lowest BCUT2D eigenvalue weighted by Crippen LogP contribution is -2.74. The van der Waals surface area contributed by atoms with Crippen LogP contribution in [-0.2, 0) is 21.4 Å². The lowest BCUT2D eigenvalue weighted by molar-refractivity contribution is -0.170. The fourth-order valence-electron chi connectivity index (χ4n) is 5.67. The van der Waals surface area contributed by atoms with Crippen LogP contribution in [0.1, 0.15) is 37.8 Å². The maximum absolute atomic E-state index is 12.3. The Balaban J connectivity index is 1.72. The zero-order valence-corrected chi connectivity index (χ0v) is 15.9. The van der Waals surface area contributed by atoms with Crippen molar-refractivity contribution in [2.45, 2.75) is 56.3 Å². The Morgan fingerprint density at radius 1 is 1.41 bits per heavy atom. The molecule has 144 valence electrons. The van der Waals surface area contributed by atoms with Gasteiger partial charge in [0.25, 0.3) is 0 Å². The van der Waals surface area contributed by atoms with Gasteiger partial charge in [0.1, 0.15) is 5.76 Å². The van der Waals surface area contributed by atoms with Crippen molar-refractivity contribution >= 4 is 5.97 Å². The minimum absolute atomic E-state index is 0.0426. The van der Waals surface area contributed by atoms with Crippen LogP contribution in [0.4, 0.5) is 0 Å². The highest BCUT2D eigenvalue weighted by molar-refractivity contribution is 5.73. The summed E-state index contributed by atoms with van der Waals surface area (Å²) in [5.41, 5.74) is 0.283. The molecule has 1 fully saturated rings. The number of phenolic OH excluding ortho intramolecular Hbond substituents is 1. The number of carbonyl (C=O) groups is 1. The van der Waals surface area contributed by atoms with Gasteiger partial charge in [-0.2, -0.15) is 0 Å². The van der Waals surface area contributed by atoms with E-state index in [1.54, 1.807) is 19.9 Å². The summed E-state index contributed by atoms with van der Waals surface area (Å²) < 4.78 is 11.9. The molecular weight excluding hydrogens is 346 g/mol. The molecule has 1 aromatic rings. The third kappa shape index (κ3) is 1.90. The molecule has 4 atom stereocenters. The second kappa shape index (κ2) is 5.26. The third-order valence-corrected chi connectivity index (χ3v) is 7.04. The summed E-state index contributed by atoms with van der Waals surface area (Å²) in [6, 6.07) is 3.55. The van der Waals surface area contributed by atoms with Gasteiger partial charge < -0.3 is 24.6 Å². The van der Waals surface area contributed by atoms with E-state index in [0.717, 1.165) is 17.7 Å². The molecule has 2 N–H and O–H groups in total. The van der Waals surface area contributed by atoms with Crippen LogP contribution in [0.5, 0.6) is 11.5 Å². The molecule has 2 heterocycles. The molecule has 0 saturated carbocycles. The Kier molecular flexibility index (Phi) is 3.33. The first-order chi connectivity index (χ1) is 12.8. The summed E-state index contributed by atoms with van der Waals surface area (Å²) in [7, 11) is 2.05. The number of aromatic hydroxyl groups is 1. The molecule has 2 bridgehead atoms. The number of hydrogen-bond donors (Lipinski definition) is 2. The molecule has 5 rings (SSSR count). The van der Waals surface area contributed by atoms with Gasteiger partial charge in [-0.3, -0.25) is 4.79 Å². The molecule has 6 nitrogen and oxygen atoms in total. The normalized spacial score (nSPS) is 36.1. The summed E-state index contributed by atoms with van der Waals surface area (Å²) in [6.07, 6.45) is 3.00. The molecule has 2 unspecified atom stereocenters. The number of ether oxygens (including phenoxy) is 2. The van der Waals surface area contributed by atoms with E-state index in [1.165, 1.54) is 0 Å². The molecule has 6 heteroatoms. The van der Waals surface area contributed by atoms with E-state index in [0.29, 0.717) is 30.8 Å². The van der Waals surface area contributed by atoms with Gasteiger partial charge in [-0.1, -0.05) is 19.9 Å². The van der Waals surface area contributed by atoms with Crippen LogP contribution < -0.4 is 4.74 Å². The Morgan fingerprint density at radius 2 is 2.19 bits per heavy atom. The van der Waals surface area contributed by atoms with Crippen molar-refractivity contribution in [1.82, 2.24) is 4.90 Å². The lowest BCUT2D eigenvalue weighted by atomic mass is 9.50. The van der Waals surface area contributed by atoms with Gasteiger partial charge in [0.05, 0.1) is 16.9 Å². The van der Waals surface area contributed by atoms with Crippen molar-refractivity contribution in [3.05, 3.63) is 35.1 Å². The molecule has 2 aliphatic carbocycles. The predicted molar refractivity (Wildman–Crippen MR) is 97.5 cm³/mol. The summed E-state index contributed by atoms with van der Waals surface area (Å²) >= 11 is 0. The predicted octanol–water partition coefficient (Wildman–Crippen LogP) is 1.87. The first kappa shape index (κ1) is 17.1. The Bertz CT molecular complexity index is 878. The first-order valence-electron chi connectivity index (χ1n) is 9.66. The molecule has 1 aromatic carbocycles. The van der Waals surface area contributed by atoms with Crippen molar-refractivity contribution in [2.24, 2.45) is 5.92 Å². The van der Waals surface area contributed by atoms with Crippen LogP contribution in [0.25, 0.3) is 0 Å². The summed E-state index contributed by atoms with van der Waals surface area (Å²) in [6.45, 7) is 4.40. The molecular formula is C21H25NO5. The molecule has 4 aliphatic rings. The monoisotopic (exact) mass is 371 g/mol. The van der Waals surface area contributed by atoms with E-state index in [2.05, 4.69) is 4.90 Å². The second-order valence-electron chi connectivity index (χ2n) is 8.68. The van der Waals surface area contributed by atoms with E-state index in [9.17, 15) is 15.0 Å². The molecule has 0 amide bonds. The number of likely N-dealkylation sites (tertiary alicyclic amines) is 1. The average molecular weight is 371 g/mol. The van der Waals surface area contributed by atoms with Crippen molar-refractivity contribution in [2.75, 3.05) is 13.6 Å². The van der Waals surface area contributed by atoms with Crippen LogP contribution >= 0.6 is 0 Å². The van der Waals surface area contributed by atoms with Crippen LogP contribution in [-0.4, -0.2) is 52.4 Å². The Hall–Kier alpha value is -2.05. The number of likely N-dealkylation sites (N-methyl/N-ethyl adjacent to an activating group) is 1. The van der Waals surface area contributed by atoms with Gasteiger partial charge in [0, 0.05) is 18.0 Å². The maximum atomic E-state index is 12.3. The minimum Gasteiger partial charge on any atom is -0.504 e. The van der Waals surface area contributed by atoms with E-state index in [4.69, 9.17) is 9.47 Å². The Labute approximate surface area is 158 Å². The summed E-state index contributed by atoms with van der Waals surface area (Å²) in [4.78, 5) is 14.5. The topological polar surface area (TPSA) is 79.2 Å². The molecule has 27 heavy (non-hydrogen) atoms.